The third-order valence-corrected chi connectivity index (χ3v) is 2.67. The summed E-state index contributed by atoms with van der Waals surface area (Å²) in [4.78, 5) is 13.4. The van der Waals surface area contributed by atoms with Gasteiger partial charge in [0.2, 0.25) is 5.91 Å². The second-order valence-corrected chi connectivity index (χ2v) is 4.21. The Morgan fingerprint density at radius 2 is 2.00 bits per heavy atom. The number of hydrogen-bond acceptors (Lipinski definition) is 2. The lowest BCUT2D eigenvalue weighted by Gasteiger charge is -2.19. The molecule has 17 heavy (non-hydrogen) atoms. The molecule has 0 saturated heterocycles. The second-order valence-electron chi connectivity index (χ2n) is 4.21. The molecule has 0 radical (unpaired) electrons. The maximum atomic E-state index is 11.2. The molecule has 0 aliphatic heterocycles. The van der Waals surface area contributed by atoms with Gasteiger partial charge in [0.05, 0.1) is 0 Å². The van der Waals surface area contributed by atoms with Crippen molar-refractivity contribution in [1.82, 2.24) is 5.32 Å². The molecule has 0 fully saturated rings. The number of para-hydroxylation sites is 1. The highest BCUT2D eigenvalue weighted by atomic mass is 16.1. The van der Waals surface area contributed by atoms with E-state index in [-0.39, 0.29) is 5.91 Å². The van der Waals surface area contributed by atoms with Crippen LogP contribution in [0.5, 0.6) is 0 Å². The summed E-state index contributed by atoms with van der Waals surface area (Å²) in [6, 6.07) is 10.3. The summed E-state index contributed by atoms with van der Waals surface area (Å²) in [6.45, 7) is 3.73. The molecule has 0 saturated carbocycles. The van der Waals surface area contributed by atoms with Gasteiger partial charge >= 0.3 is 0 Å². The fourth-order valence-corrected chi connectivity index (χ4v) is 1.67. The lowest BCUT2D eigenvalue weighted by atomic mass is 10.3. The molecule has 0 heterocycles. The van der Waals surface area contributed by atoms with Gasteiger partial charge in [-0.3, -0.25) is 4.79 Å². The van der Waals surface area contributed by atoms with E-state index in [1.807, 2.05) is 25.1 Å². The molecule has 0 aliphatic carbocycles. The molecule has 0 aromatic heterocycles. The van der Waals surface area contributed by atoms with Crippen LogP contribution in [0.15, 0.2) is 30.3 Å². The Labute approximate surface area is 104 Å². The Balaban J connectivity index is 2.17. The van der Waals surface area contributed by atoms with Crippen LogP contribution in [0.2, 0.25) is 0 Å². The molecule has 3 nitrogen and oxygen atoms in total. The van der Waals surface area contributed by atoms with Crippen LogP contribution in [0.3, 0.4) is 0 Å². The number of nitrogens with one attached hydrogen (secondary N) is 1. The fourth-order valence-electron chi connectivity index (χ4n) is 1.67. The Bertz CT molecular complexity index is 324. The van der Waals surface area contributed by atoms with Crippen molar-refractivity contribution in [2.75, 3.05) is 25.0 Å². The largest absolute Gasteiger partial charge is 0.375 e. The SMILES string of the molecule is CCCC(=O)NCCCN(C)c1ccccc1. The van der Waals surface area contributed by atoms with Crippen molar-refractivity contribution in [3.05, 3.63) is 30.3 Å². The average molecular weight is 234 g/mol. The zero-order chi connectivity index (χ0) is 12.5. The van der Waals surface area contributed by atoms with E-state index < -0.39 is 0 Å². The Kier molecular flexibility index (Phi) is 6.15. The van der Waals surface area contributed by atoms with Crippen LogP contribution in [-0.4, -0.2) is 26.0 Å². The highest BCUT2D eigenvalue weighted by Gasteiger charge is 2.00. The molecule has 94 valence electrons. The molecule has 0 aliphatic rings. The molecule has 1 aromatic rings. The summed E-state index contributed by atoms with van der Waals surface area (Å²) in [6.07, 6.45) is 2.52. The summed E-state index contributed by atoms with van der Waals surface area (Å²) >= 11 is 0. The van der Waals surface area contributed by atoms with Gasteiger partial charge in [0, 0.05) is 32.2 Å². The Morgan fingerprint density at radius 1 is 1.29 bits per heavy atom. The Morgan fingerprint density at radius 3 is 2.65 bits per heavy atom. The predicted octanol–water partition coefficient (Wildman–Crippen LogP) is 2.43. The molecule has 3 heteroatoms. The van der Waals surface area contributed by atoms with Crippen molar-refractivity contribution in [3.63, 3.8) is 0 Å². The summed E-state index contributed by atoms with van der Waals surface area (Å²) < 4.78 is 0. The highest BCUT2D eigenvalue weighted by Crippen LogP contribution is 2.10. The van der Waals surface area contributed by atoms with Crippen LogP contribution < -0.4 is 10.2 Å². The molecule has 0 unspecified atom stereocenters. The maximum Gasteiger partial charge on any atom is 0.219 e. The van der Waals surface area contributed by atoms with Gasteiger partial charge in [-0.25, -0.2) is 0 Å². The van der Waals surface area contributed by atoms with E-state index in [1.54, 1.807) is 0 Å². The maximum absolute atomic E-state index is 11.2. The predicted molar refractivity (Wildman–Crippen MR) is 72.2 cm³/mol. The van der Waals surface area contributed by atoms with Crippen LogP contribution in [0, 0.1) is 0 Å². The summed E-state index contributed by atoms with van der Waals surface area (Å²) in [5.41, 5.74) is 1.22. The minimum Gasteiger partial charge on any atom is -0.375 e. The quantitative estimate of drug-likeness (QED) is 0.735. The van der Waals surface area contributed by atoms with Crippen LogP contribution in [0.1, 0.15) is 26.2 Å². The molecule has 1 rings (SSSR count). The number of anilines is 1. The van der Waals surface area contributed by atoms with Gasteiger partial charge in [-0.15, -0.1) is 0 Å². The Hall–Kier alpha value is -1.51. The fraction of sp³-hybridized carbons (Fsp3) is 0.500. The average Bonchev–Trinajstić information content (AvgIpc) is 2.36. The third-order valence-electron chi connectivity index (χ3n) is 2.67. The number of hydrogen-bond donors (Lipinski definition) is 1. The number of carbonyl (C=O) groups is 1. The standard InChI is InChI=1S/C14H22N2O/c1-3-8-14(17)15-11-7-12-16(2)13-9-5-4-6-10-13/h4-6,9-10H,3,7-8,11-12H2,1-2H3,(H,15,17). The van der Waals surface area contributed by atoms with E-state index in [2.05, 4.69) is 29.4 Å². The number of benzene rings is 1. The second kappa shape index (κ2) is 7.71. The molecular formula is C14H22N2O. The summed E-state index contributed by atoms with van der Waals surface area (Å²) in [7, 11) is 2.07. The van der Waals surface area contributed by atoms with E-state index in [1.165, 1.54) is 5.69 Å². The van der Waals surface area contributed by atoms with E-state index >= 15 is 0 Å². The highest BCUT2D eigenvalue weighted by molar-refractivity contribution is 5.75. The first-order valence-corrected chi connectivity index (χ1v) is 6.27. The molecular weight excluding hydrogens is 212 g/mol. The molecule has 0 spiro atoms. The lowest BCUT2D eigenvalue weighted by Crippen LogP contribution is -2.27. The van der Waals surface area contributed by atoms with Crippen molar-refractivity contribution in [2.45, 2.75) is 26.2 Å². The van der Waals surface area contributed by atoms with Crippen molar-refractivity contribution in [2.24, 2.45) is 0 Å². The molecule has 1 aromatic carbocycles. The summed E-state index contributed by atoms with van der Waals surface area (Å²) in [5, 5.41) is 2.92. The van der Waals surface area contributed by atoms with Gasteiger partial charge in [-0.2, -0.15) is 0 Å². The van der Waals surface area contributed by atoms with Crippen LogP contribution in [0.4, 0.5) is 5.69 Å². The zero-order valence-electron chi connectivity index (χ0n) is 10.8. The number of carbonyl (C=O) groups excluding carboxylic acids is 1. The topological polar surface area (TPSA) is 32.3 Å². The molecule has 0 atom stereocenters. The van der Waals surface area contributed by atoms with Gasteiger partial charge < -0.3 is 10.2 Å². The van der Waals surface area contributed by atoms with Crippen molar-refractivity contribution in [3.8, 4) is 0 Å². The van der Waals surface area contributed by atoms with E-state index in [0.29, 0.717) is 6.42 Å². The lowest BCUT2D eigenvalue weighted by molar-refractivity contribution is -0.121. The van der Waals surface area contributed by atoms with Crippen molar-refractivity contribution < 1.29 is 4.79 Å². The van der Waals surface area contributed by atoms with Crippen LogP contribution in [0.25, 0.3) is 0 Å². The molecule has 0 bridgehead atoms. The van der Waals surface area contributed by atoms with E-state index in [4.69, 9.17) is 0 Å². The number of rotatable bonds is 7. The number of amides is 1. The molecule has 1 amide bonds. The van der Waals surface area contributed by atoms with Gasteiger partial charge in [0.15, 0.2) is 0 Å². The minimum absolute atomic E-state index is 0.162. The van der Waals surface area contributed by atoms with Gasteiger partial charge in [0.25, 0.3) is 0 Å². The van der Waals surface area contributed by atoms with Gasteiger partial charge in [0.1, 0.15) is 0 Å². The smallest absolute Gasteiger partial charge is 0.219 e. The van der Waals surface area contributed by atoms with Crippen LogP contribution in [-0.2, 0) is 4.79 Å². The third kappa shape index (κ3) is 5.38. The first kappa shape index (κ1) is 13.6. The van der Waals surface area contributed by atoms with Crippen molar-refractivity contribution in [1.29, 1.82) is 0 Å². The number of nitrogens with zero attached hydrogens (tertiary/aromatic N) is 1. The minimum atomic E-state index is 0.162. The van der Waals surface area contributed by atoms with Gasteiger partial charge in [-0.1, -0.05) is 25.1 Å². The normalized spacial score (nSPS) is 10.0. The first-order chi connectivity index (χ1) is 8.24. The summed E-state index contributed by atoms with van der Waals surface area (Å²) in [5.74, 6) is 0.162. The molecule has 1 N–H and O–H groups in total. The first-order valence-electron chi connectivity index (χ1n) is 6.27. The monoisotopic (exact) mass is 234 g/mol. The van der Waals surface area contributed by atoms with Crippen molar-refractivity contribution >= 4 is 11.6 Å². The zero-order valence-corrected chi connectivity index (χ0v) is 10.8. The van der Waals surface area contributed by atoms with Crippen LogP contribution >= 0.6 is 0 Å². The van der Waals surface area contributed by atoms with E-state index in [0.717, 1.165) is 25.9 Å². The van der Waals surface area contributed by atoms with Gasteiger partial charge in [-0.05, 0) is 25.0 Å². The van der Waals surface area contributed by atoms with E-state index in [9.17, 15) is 4.79 Å².